The van der Waals surface area contributed by atoms with E-state index in [1.165, 1.54) is 16.8 Å². The van der Waals surface area contributed by atoms with Crippen LogP contribution >= 0.6 is 15.9 Å². The zero-order valence-electron chi connectivity index (χ0n) is 14.9. The molecule has 0 unspecified atom stereocenters. The van der Waals surface area contributed by atoms with Crippen LogP contribution in [0.4, 0.5) is 5.69 Å². The topological polar surface area (TPSA) is 44.0 Å². The molecule has 2 aromatic carbocycles. The van der Waals surface area contributed by atoms with Gasteiger partial charge < -0.3 is 10.3 Å². The minimum atomic E-state index is 0.699. The van der Waals surface area contributed by atoms with Crippen LogP contribution in [-0.2, 0) is 19.5 Å². The van der Waals surface area contributed by atoms with Gasteiger partial charge >= 0.3 is 0 Å². The lowest BCUT2D eigenvalue weighted by molar-refractivity contribution is 0.268. The van der Waals surface area contributed by atoms with Gasteiger partial charge in [0.2, 0.25) is 0 Å². The van der Waals surface area contributed by atoms with Crippen LogP contribution < -0.4 is 5.32 Å². The first-order valence-electron chi connectivity index (χ1n) is 9.09. The van der Waals surface area contributed by atoms with Crippen LogP contribution in [0.3, 0.4) is 0 Å². The summed E-state index contributed by atoms with van der Waals surface area (Å²) in [5.74, 6) is 0.950. The predicted octanol–water partition coefficient (Wildman–Crippen LogP) is 4.83. The van der Waals surface area contributed by atoms with Crippen LogP contribution in [0.1, 0.15) is 23.9 Å². The van der Waals surface area contributed by atoms with Crippen molar-refractivity contribution in [1.29, 1.82) is 0 Å². The molecule has 0 fully saturated rings. The van der Waals surface area contributed by atoms with Gasteiger partial charge in [-0.05, 0) is 47.9 Å². The molecule has 0 saturated heterocycles. The molecule has 5 heteroatoms. The largest absolute Gasteiger partial charge is 0.378 e. The zero-order valence-corrected chi connectivity index (χ0v) is 16.5. The van der Waals surface area contributed by atoms with Gasteiger partial charge in [-0.1, -0.05) is 47.1 Å². The van der Waals surface area contributed by atoms with Gasteiger partial charge in [-0.2, -0.15) is 0 Å². The lowest BCUT2D eigenvalue weighted by Gasteiger charge is -2.29. The standard InChI is InChI=1S/C21H23BrN4/c1-2-26-11-10-18-16(14-26)4-3-5-19(18)23-13-21-24-12-20(25-21)15-6-8-17(22)9-7-15/h3-9,12,23H,2,10-11,13-14H2,1H3,(H,24,25). The van der Waals surface area contributed by atoms with Gasteiger partial charge in [-0.25, -0.2) is 4.98 Å². The third-order valence-electron chi connectivity index (χ3n) is 5.02. The number of benzene rings is 2. The van der Waals surface area contributed by atoms with Gasteiger partial charge in [0.15, 0.2) is 0 Å². The Morgan fingerprint density at radius 2 is 2.04 bits per heavy atom. The monoisotopic (exact) mass is 410 g/mol. The molecular weight excluding hydrogens is 388 g/mol. The van der Waals surface area contributed by atoms with E-state index in [4.69, 9.17) is 0 Å². The molecule has 0 spiro atoms. The number of hydrogen-bond donors (Lipinski definition) is 2. The molecule has 1 aliphatic rings. The summed E-state index contributed by atoms with van der Waals surface area (Å²) in [6, 6.07) is 14.8. The van der Waals surface area contributed by atoms with E-state index in [0.717, 1.165) is 47.6 Å². The zero-order chi connectivity index (χ0) is 17.9. The third-order valence-corrected chi connectivity index (χ3v) is 5.55. The fourth-order valence-electron chi connectivity index (χ4n) is 3.51. The van der Waals surface area contributed by atoms with Crippen molar-refractivity contribution in [2.24, 2.45) is 0 Å². The summed E-state index contributed by atoms with van der Waals surface area (Å²) in [6.07, 6.45) is 3.01. The van der Waals surface area contributed by atoms with E-state index in [0.29, 0.717) is 6.54 Å². The molecule has 3 aromatic rings. The summed E-state index contributed by atoms with van der Waals surface area (Å²) in [5.41, 5.74) is 6.32. The average molecular weight is 411 g/mol. The van der Waals surface area contributed by atoms with E-state index in [9.17, 15) is 0 Å². The van der Waals surface area contributed by atoms with Crippen molar-refractivity contribution in [3.63, 3.8) is 0 Å². The SMILES string of the molecule is CCN1CCc2c(cccc2NCc2ncc(-c3ccc(Br)cc3)[nH]2)C1. The molecule has 1 aromatic heterocycles. The van der Waals surface area contributed by atoms with E-state index in [-0.39, 0.29) is 0 Å². The molecule has 0 bridgehead atoms. The second-order valence-electron chi connectivity index (χ2n) is 6.67. The number of hydrogen-bond acceptors (Lipinski definition) is 3. The highest BCUT2D eigenvalue weighted by Crippen LogP contribution is 2.26. The number of aromatic nitrogens is 2. The third kappa shape index (κ3) is 3.69. The van der Waals surface area contributed by atoms with Crippen molar-refractivity contribution < 1.29 is 0 Å². The molecule has 2 N–H and O–H groups in total. The van der Waals surface area contributed by atoms with Crippen molar-refractivity contribution >= 4 is 21.6 Å². The molecule has 4 rings (SSSR count). The molecule has 4 nitrogen and oxygen atoms in total. The number of halogens is 1. The Hall–Kier alpha value is -2.11. The normalized spacial score (nSPS) is 14.2. The molecule has 2 heterocycles. The Morgan fingerprint density at radius 3 is 2.85 bits per heavy atom. The maximum atomic E-state index is 4.53. The van der Waals surface area contributed by atoms with Crippen molar-refractivity contribution in [3.05, 3.63) is 70.1 Å². The summed E-state index contributed by atoms with van der Waals surface area (Å²) in [5, 5.41) is 3.58. The van der Waals surface area contributed by atoms with Crippen LogP contribution in [0.2, 0.25) is 0 Å². The van der Waals surface area contributed by atoms with Crippen LogP contribution in [-0.4, -0.2) is 28.0 Å². The second kappa shape index (κ2) is 7.64. The number of rotatable bonds is 5. The van der Waals surface area contributed by atoms with Gasteiger partial charge in [0.1, 0.15) is 5.82 Å². The Kier molecular flexibility index (Phi) is 5.09. The molecule has 26 heavy (non-hydrogen) atoms. The smallest absolute Gasteiger partial charge is 0.125 e. The summed E-state index contributed by atoms with van der Waals surface area (Å²) in [7, 11) is 0. The molecule has 1 aliphatic heterocycles. The van der Waals surface area contributed by atoms with E-state index < -0.39 is 0 Å². The summed E-state index contributed by atoms with van der Waals surface area (Å²) in [6.45, 7) is 6.23. The number of fused-ring (bicyclic) bond motifs is 1. The summed E-state index contributed by atoms with van der Waals surface area (Å²) < 4.78 is 1.08. The van der Waals surface area contributed by atoms with Crippen LogP contribution in [0.5, 0.6) is 0 Å². The van der Waals surface area contributed by atoms with E-state index in [1.54, 1.807) is 0 Å². The van der Waals surface area contributed by atoms with Crippen molar-refractivity contribution in [2.75, 3.05) is 18.4 Å². The molecule has 134 valence electrons. The molecule has 0 aliphatic carbocycles. The summed E-state index contributed by atoms with van der Waals surface area (Å²) >= 11 is 3.47. The van der Waals surface area contributed by atoms with E-state index >= 15 is 0 Å². The molecule has 0 saturated carbocycles. The minimum Gasteiger partial charge on any atom is -0.378 e. The van der Waals surface area contributed by atoms with E-state index in [1.807, 2.05) is 18.3 Å². The number of likely N-dealkylation sites (N-methyl/N-ethyl adjacent to an activating group) is 1. The number of aromatic amines is 1. The molecular formula is C21H23BrN4. The number of nitrogens with one attached hydrogen (secondary N) is 2. The quantitative estimate of drug-likeness (QED) is 0.632. The fraction of sp³-hybridized carbons (Fsp3) is 0.286. The van der Waals surface area contributed by atoms with Gasteiger partial charge in [0, 0.05) is 23.2 Å². The van der Waals surface area contributed by atoms with Crippen molar-refractivity contribution in [3.8, 4) is 11.3 Å². The Morgan fingerprint density at radius 1 is 1.19 bits per heavy atom. The molecule has 0 amide bonds. The van der Waals surface area contributed by atoms with Gasteiger partial charge in [0.05, 0.1) is 18.4 Å². The van der Waals surface area contributed by atoms with Crippen LogP contribution in [0.25, 0.3) is 11.3 Å². The Bertz CT molecular complexity index is 885. The Labute approximate surface area is 162 Å². The van der Waals surface area contributed by atoms with Gasteiger partial charge in [0.25, 0.3) is 0 Å². The maximum absolute atomic E-state index is 4.53. The number of nitrogens with zero attached hydrogens (tertiary/aromatic N) is 2. The number of anilines is 1. The maximum Gasteiger partial charge on any atom is 0.125 e. The number of imidazole rings is 1. The molecule has 0 atom stereocenters. The summed E-state index contributed by atoms with van der Waals surface area (Å²) in [4.78, 5) is 10.4. The first-order chi connectivity index (χ1) is 12.7. The number of H-pyrrole nitrogens is 1. The first kappa shape index (κ1) is 17.3. The average Bonchev–Trinajstić information content (AvgIpc) is 3.15. The van der Waals surface area contributed by atoms with Gasteiger partial charge in [-0.15, -0.1) is 0 Å². The van der Waals surface area contributed by atoms with Crippen LogP contribution in [0.15, 0.2) is 53.1 Å². The minimum absolute atomic E-state index is 0.699. The lowest BCUT2D eigenvalue weighted by atomic mass is 9.98. The van der Waals surface area contributed by atoms with Gasteiger partial charge in [-0.3, -0.25) is 4.90 Å². The highest BCUT2D eigenvalue weighted by molar-refractivity contribution is 9.10. The highest BCUT2D eigenvalue weighted by atomic mass is 79.9. The fourth-order valence-corrected chi connectivity index (χ4v) is 3.78. The second-order valence-corrected chi connectivity index (χ2v) is 7.58. The van der Waals surface area contributed by atoms with Crippen molar-refractivity contribution in [1.82, 2.24) is 14.9 Å². The van der Waals surface area contributed by atoms with Crippen molar-refractivity contribution in [2.45, 2.75) is 26.4 Å². The lowest BCUT2D eigenvalue weighted by Crippen LogP contribution is -2.30. The highest BCUT2D eigenvalue weighted by Gasteiger charge is 2.17. The van der Waals surface area contributed by atoms with Crippen LogP contribution in [0, 0.1) is 0 Å². The molecule has 0 radical (unpaired) electrons. The first-order valence-corrected chi connectivity index (χ1v) is 9.89. The Balaban J connectivity index is 1.46. The van der Waals surface area contributed by atoms with E-state index in [2.05, 4.69) is 73.4 Å². The predicted molar refractivity (Wildman–Crippen MR) is 110 cm³/mol.